The summed E-state index contributed by atoms with van der Waals surface area (Å²) >= 11 is 0. The number of ether oxygens (including phenoxy) is 3. The van der Waals surface area contributed by atoms with Gasteiger partial charge in [0.25, 0.3) is 0 Å². The zero-order chi connectivity index (χ0) is 32.8. The number of rotatable bonds is 12. The van der Waals surface area contributed by atoms with E-state index < -0.39 is 47.0 Å². The molecule has 0 radical (unpaired) electrons. The van der Waals surface area contributed by atoms with Gasteiger partial charge in [-0.05, 0) is 67.0 Å². The first kappa shape index (κ1) is 33.6. The minimum atomic E-state index is -1.19. The molecule has 1 aliphatic heterocycles. The van der Waals surface area contributed by atoms with Crippen LogP contribution >= 0.6 is 0 Å². The smallest absolute Gasteiger partial charge is 0.338 e. The third kappa shape index (κ3) is 9.14. The Morgan fingerprint density at radius 2 is 1.60 bits per heavy atom. The first-order chi connectivity index (χ1) is 21.2. The monoisotopic (exact) mass is 618 g/mol. The Balaban J connectivity index is 1.46. The predicted octanol–water partition coefficient (Wildman–Crippen LogP) is 6.64. The predicted molar refractivity (Wildman–Crippen MR) is 169 cm³/mol. The molecule has 1 heterocycles. The van der Waals surface area contributed by atoms with Crippen LogP contribution in [-0.4, -0.2) is 35.7 Å². The van der Waals surface area contributed by atoms with E-state index in [0.29, 0.717) is 24.2 Å². The van der Waals surface area contributed by atoms with Crippen LogP contribution in [0.15, 0.2) is 78.9 Å². The molecule has 240 valence electrons. The summed E-state index contributed by atoms with van der Waals surface area (Å²) in [6, 6.07) is 22.1. The summed E-state index contributed by atoms with van der Waals surface area (Å²) in [6.45, 7) is 10.7. The van der Waals surface area contributed by atoms with Gasteiger partial charge in [-0.2, -0.15) is 0 Å². The Labute approximate surface area is 264 Å². The molecule has 1 unspecified atom stereocenters. The number of halogens is 1. The van der Waals surface area contributed by atoms with Crippen LogP contribution in [0.25, 0.3) is 0 Å². The van der Waals surface area contributed by atoms with Crippen molar-refractivity contribution < 1.29 is 33.0 Å². The molecule has 2 amide bonds. The van der Waals surface area contributed by atoms with Crippen molar-refractivity contribution in [2.45, 2.75) is 84.8 Å². The quantitative estimate of drug-likeness (QED) is 0.221. The van der Waals surface area contributed by atoms with Gasteiger partial charge in [0.05, 0.1) is 12.0 Å². The second kappa shape index (κ2) is 14.2. The van der Waals surface area contributed by atoms with Crippen LogP contribution in [0.5, 0.6) is 11.5 Å². The molecule has 2 N–H and O–H groups in total. The molecule has 1 saturated heterocycles. The third-order valence-corrected chi connectivity index (χ3v) is 7.71. The number of amides is 2. The number of esters is 1. The van der Waals surface area contributed by atoms with Crippen molar-refractivity contribution in [1.82, 2.24) is 10.6 Å². The topological polar surface area (TPSA) is 103 Å². The largest absolute Gasteiger partial charge is 0.454 e. The van der Waals surface area contributed by atoms with E-state index in [1.807, 2.05) is 64.1 Å². The maximum absolute atomic E-state index is 14.9. The lowest BCUT2D eigenvalue weighted by molar-refractivity contribution is -0.162. The van der Waals surface area contributed by atoms with Crippen LogP contribution in [-0.2, 0) is 30.3 Å². The molecule has 1 fully saturated rings. The number of cyclic esters (lactones) is 1. The van der Waals surface area contributed by atoms with Gasteiger partial charge in [0, 0.05) is 13.8 Å². The Bertz CT molecular complexity index is 1470. The van der Waals surface area contributed by atoms with Gasteiger partial charge < -0.3 is 24.8 Å². The highest BCUT2D eigenvalue weighted by Crippen LogP contribution is 2.32. The Kier molecular flexibility index (Phi) is 10.7. The molecular formula is C36H43FN2O6. The maximum atomic E-state index is 14.9. The van der Waals surface area contributed by atoms with E-state index >= 15 is 0 Å². The van der Waals surface area contributed by atoms with Gasteiger partial charge in [-0.3, -0.25) is 9.59 Å². The highest BCUT2D eigenvalue weighted by molar-refractivity contribution is 5.92. The van der Waals surface area contributed by atoms with Gasteiger partial charge >= 0.3 is 5.97 Å². The molecule has 0 aromatic heterocycles. The Morgan fingerprint density at radius 1 is 0.956 bits per heavy atom. The summed E-state index contributed by atoms with van der Waals surface area (Å²) in [7, 11) is 0. The molecule has 4 rings (SSSR count). The summed E-state index contributed by atoms with van der Waals surface area (Å²) in [5.74, 6) is -3.45. The summed E-state index contributed by atoms with van der Waals surface area (Å²) in [4.78, 5) is 40.2. The number of carbonyl (C=O) groups is 3. The Morgan fingerprint density at radius 3 is 2.18 bits per heavy atom. The zero-order valence-electron chi connectivity index (χ0n) is 26.8. The fraction of sp³-hybridized carbons (Fsp3) is 0.417. The maximum Gasteiger partial charge on any atom is 0.338 e. The van der Waals surface area contributed by atoms with Crippen molar-refractivity contribution in [3.63, 3.8) is 0 Å². The molecular weight excluding hydrogens is 575 g/mol. The Hall–Kier alpha value is -4.24. The van der Waals surface area contributed by atoms with Gasteiger partial charge in [0.1, 0.15) is 11.8 Å². The number of hydrogen-bond acceptors (Lipinski definition) is 6. The second-order valence-electron chi connectivity index (χ2n) is 13.0. The van der Waals surface area contributed by atoms with Crippen LogP contribution < -0.4 is 15.4 Å². The zero-order valence-corrected chi connectivity index (χ0v) is 26.8. The first-order valence-electron chi connectivity index (χ1n) is 15.3. The molecule has 4 atom stereocenters. The van der Waals surface area contributed by atoms with Gasteiger partial charge in [-0.1, -0.05) is 75.4 Å². The lowest BCUT2D eigenvalue weighted by atomic mass is 9.84. The minimum Gasteiger partial charge on any atom is -0.454 e. The van der Waals surface area contributed by atoms with Crippen molar-refractivity contribution >= 4 is 17.8 Å². The lowest BCUT2D eigenvalue weighted by Crippen LogP contribution is -2.56. The highest BCUT2D eigenvalue weighted by atomic mass is 19.1. The van der Waals surface area contributed by atoms with Crippen LogP contribution in [0.2, 0.25) is 0 Å². The van der Waals surface area contributed by atoms with Crippen molar-refractivity contribution in [2.24, 2.45) is 11.3 Å². The van der Waals surface area contributed by atoms with Crippen molar-refractivity contribution in [2.75, 3.05) is 0 Å². The van der Waals surface area contributed by atoms with Crippen LogP contribution in [0.1, 0.15) is 71.6 Å². The molecule has 8 nitrogen and oxygen atoms in total. The molecule has 0 spiro atoms. The summed E-state index contributed by atoms with van der Waals surface area (Å²) < 4.78 is 31.7. The van der Waals surface area contributed by atoms with Crippen molar-refractivity contribution in [1.29, 1.82) is 0 Å². The van der Waals surface area contributed by atoms with Gasteiger partial charge in [-0.25, -0.2) is 9.18 Å². The molecule has 45 heavy (non-hydrogen) atoms. The highest BCUT2D eigenvalue weighted by Gasteiger charge is 2.48. The number of hydrogen-bond donors (Lipinski definition) is 2. The number of nitrogens with one attached hydrogen (secondary N) is 2. The molecule has 9 heteroatoms. The number of para-hydroxylation sites is 1. The van der Waals surface area contributed by atoms with Gasteiger partial charge in [0.15, 0.2) is 17.7 Å². The van der Waals surface area contributed by atoms with Gasteiger partial charge in [0.2, 0.25) is 17.6 Å². The molecule has 0 bridgehead atoms. The van der Waals surface area contributed by atoms with E-state index in [1.54, 1.807) is 50.2 Å². The van der Waals surface area contributed by atoms with Crippen molar-refractivity contribution in [3.8, 4) is 11.5 Å². The van der Waals surface area contributed by atoms with Crippen molar-refractivity contribution in [3.05, 3.63) is 95.8 Å². The lowest BCUT2D eigenvalue weighted by Gasteiger charge is -2.33. The average Bonchev–Trinajstić information content (AvgIpc) is 3.26. The van der Waals surface area contributed by atoms with Crippen LogP contribution in [0, 0.1) is 17.2 Å². The SMILES string of the molecule is C[C@@H](NC(=O)[C@@H](NC(=O)C(CCCc1ccc(Oc2ccccc2)c(F)c1)[C@@H]1OC(C)(C)OC1=O)C(C)(C)C)c1ccccc1. The molecule has 0 saturated carbocycles. The normalized spacial score (nSPS) is 17.9. The number of carbonyl (C=O) groups excluding carboxylic acids is 3. The van der Waals surface area contributed by atoms with Crippen LogP contribution in [0.4, 0.5) is 4.39 Å². The van der Waals surface area contributed by atoms with E-state index in [-0.39, 0.29) is 24.1 Å². The standard InChI is InChI=1S/C36H43FN2O6/c1-23(25-15-9-7-10-16-25)38-33(41)31(35(2,3)4)39-32(40)27(30-34(42)45-36(5,6)44-30)19-13-14-24-20-21-29(28(37)22-24)43-26-17-11-8-12-18-26/h7-12,15-18,20-23,27,30-31H,13-14,19H2,1-6H3,(H,38,41)(H,39,40)/t23-,27?,30+,31-/m1/s1. The first-order valence-corrected chi connectivity index (χ1v) is 15.3. The summed E-state index contributed by atoms with van der Waals surface area (Å²) in [6.07, 6.45) is -0.0217. The molecule has 1 aliphatic rings. The second-order valence-corrected chi connectivity index (χ2v) is 13.0. The average molecular weight is 619 g/mol. The third-order valence-electron chi connectivity index (χ3n) is 7.71. The fourth-order valence-electron chi connectivity index (χ4n) is 5.32. The van der Waals surface area contributed by atoms with E-state index in [4.69, 9.17) is 14.2 Å². The van der Waals surface area contributed by atoms with E-state index in [0.717, 1.165) is 5.56 Å². The van der Waals surface area contributed by atoms with E-state index in [2.05, 4.69) is 10.6 Å². The fourth-order valence-corrected chi connectivity index (χ4v) is 5.32. The number of aryl methyl sites for hydroxylation is 1. The summed E-state index contributed by atoms with van der Waals surface area (Å²) in [5, 5.41) is 5.92. The summed E-state index contributed by atoms with van der Waals surface area (Å²) in [5.41, 5.74) is 1.00. The number of benzene rings is 3. The minimum absolute atomic E-state index is 0.111. The molecule has 3 aromatic carbocycles. The molecule has 0 aliphatic carbocycles. The van der Waals surface area contributed by atoms with Crippen LogP contribution in [0.3, 0.4) is 0 Å². The van der Waals surface area contributed by atoms with E-state index in [9.17, 15) is 18.8 Å². The van der Waals surface area contributed by atoms with E-state index in [1.165, 1.54) is 6.07 Å². The molecule has 3 aromatic rings. The van der Waals surface area contributed by atoms with Gasteiger partial charge in [-0.15, -0.1) is 0 Å².